The largest absolute Gasteiger partial charge is 0.310 e. The van der Waals surface area contributed by atoms with Crippen molar-refractivity contribution in [2.45, 2.75) is 56.8 Å². The summed E-state index contributed by atoms with van der Waals surface area (Å²) in [6.07, 6.45) is 6.94. The Morgan fingerprint density at radius 2 is 0.887 bits per heavy atom. The van der Waals surface area contributed by atoms with Gasteiger partial charge in [0.25, 0.3) is 0 Å². The fourth-order valence-corrected chi connectivity index (χ4v) is 13.8. The number of benzene rings is 8. The SMILES string of the molecule is CC1(C)c2ccccc2-c2ccc(N(c3ccc4c(c3)-c3ccc(-c5ccccc5)cc3C43C4CC5CC(C4)CC3C5)c3ccc(-c4ccccc4)cc3-c3ccccc3)cc21. The standard InChI is InChI=1S/C61H51N/c1-60(2)55-21-13-12-20-50(55)51-27-24-49(38-57(51)60)62(59-29-23-44(41-14-6-3-7-15-41)35-53(59)43-18-10-5-11-19-43)48-25-28-56-54(37-48)52-26-22-45(42-16-8-4-9-17-42)36-58(52)61(56)46-31-39-30-40(33-46)34-47(61)32-39/h3-29,35-40,46-47H,30-34H2,1-2H3. The summed E-state index contributed by atoms with van der Waals surface area (Å²) in [4.78, 5) is 2.58. The summed E-state index contributed by atoms with van der Waals surface area (Å²) in [5.74, 6) is 3.19. The minimum Gasteiger partial charge on any atom is -0.310 e. The number of hydrogen-bond donors (Lipinski definition) is 0. The van der Waals surface area contributed by atoms with E-state index in [0.717, 1.165) is 11.8 Å². The van der Waals surface area contributed by atoms with Crippen LogP contribution in [0.5, 0.6) is 0 Å². The van der Waals surface area contributed by atoms with Crippen molar-refractivity contribution in [3.63, 3.8) is 0 Å². The molecule has 6 aliphatic rings. The van der Waals surface area contributed by atoms with Crippen LogP contribution in [-0.2, 0) is 10.8 Å². The Kier molecular flexibility index (Phi) is 7.91. The Morgan fingerprint density at radius 3 is 1.58 bits per heavy atom. The molecule has 4 fully saturated rings. The lowest BCUT2D eigenvalue weighted by Crippen LogP contribution is -2.55. The van der Waals surface area contributed by atoms with Crippen molar-refractivity contribution in [3.8, 4) is 55.6 Å². The molecule has 0 unspecified atom stereocenters. The van der Waals surface area contributed by atoms with Crippen LogP contribution in [0, 0.1) is 23.7 Å². The Hall–Kier alpha value is -6.44. The first-order valence-electron chi connectivity index (χ1n) is 23.1. The van der Waals surface area contributed by atoms with Crippen LogP contribution < -0.4 is 4.90 Å². The number of nitrogens with zero attached hydrogens (tertiary/aromatic N) is 1. The molecule has 300 valence electrons. The molecule has 1 nitrogen and oxygen atoms in total. The maximum absolute atomic E-state index is 2.63. The Labute approximate surface area is 366 Å². The topological polar surface area (TPSA) is 3.24 Å². The van der Waals surface area contributed by atoms with E-state index in [1.807, 2.05) is 0 Å². The highest BCUT2D eigenvalue weighted by Gasteiger charge is 2.61. The van der Waals surface area contributed by atoms with Gasteiger partial charge in [0.15, 0.2) is 0 Å². The summed E-state index contributed by atoms with van der Waals surface area (Å²) in [5.41, 5.74) is 22.6. The maximum atomic E-state index is 2.63. The number of anilines is 3. The molecule has 4 bridgehead atoms. The highest BCUT2D eigenvalue weighted by Crippen LogP contribution is 2.70. The van der Waals surface area contributed by atoms with Crippen molar-refractivity contribution in [1.82, 2.24) is 0 Å². The molecule has 0 N–H and O–H groups in total. The summed E-state index contributed by atoms with van der Waals surface area (Å²) in [6, 6.07) is 71.5. The normalized spacial score (nSPS) is 22.9. The second kappa shape index (κ2) is 13.5. The summed E-state index contributed by atoms with van der Waals surface area (Å²) in [6.45, 7) is 4.80. The van der Waals surface area contributed by atoms with E-state index < -0.39 is 0 Å². The van der Waals surface area contributed by atoms with Crippen molar-refractivity contribution in [1.29, 1.82) is 0 Å². The van der Waals surface area contributed by atoms with Crippen LogP contribution in [0.3, 0.4) is 0 Å². The summed E-state index contributed by atoms with van der Waals surface area (Å²) >= 11 is 0. The van der Waals surface area contributed by atoms with Crippen LogP contribution in [0.2, 0.25) is 0 Å². The fourth-order valence-electron chi connectivity index (χ4n) is 13.8. The zero-order valence-corrected chi connectivity index (χ0v) is 35.7. The Morgan fingerprint density at radius 1 is 0.355 bits per heavy atom. The highest BCUT2D eigenvalue weighted by molar-refractivity contribution is 5.95. The first kappa shape index (κ1) is 36.2. The van der Waals surface area contributed by atoms with Gasteiger partial charge in [-0.05, 0) is 171 Å². The third-order valence-corrected chi connectivity index (χ3v) is 16.3. The van der Waals surface area contributed by atoms with E-state index in [1.165, 1.54) is 116 Å². The third kappa shape index (κ3) is 5.21. The molecule has 14 rings (SSSR count). The molecular weight excluding hydrogens is 747 g/mol. The molecule has 8 aromatic carbocycles. The third-order valence-electron chi connectivity index (χ3n) is 16.3. The van der Waals surface area contributed by atoms with E-state index >= 15 is 0 Å². The molecular formula is C61H51N. The van der Waals surface area contributed by atoms with Gasteiger partial charge in [0.05, 0.1) is 5.69 Å². The van der Waals surface area contributed by atoms with E-state index in [-0.39, 0.29) is 10.8 Å². The second-order valence-electron chi connectivity index (χ2n) is 19.7. The smallest absolute Gasteiger partial charge is 0.0540 e. The molecule has 1 heteroatoms. The van der Waals surface area contributed by atoms with Gasteiger partial charge >= 0.3 is 0 Å². The zero-order valence-electron chi connectivity index (χ0n) is 35.7. The van der Waals surface area contributed by atoms with E-state index in [2.05, 4.69) is 207 Å². The maximum Gasteiger partial charge on any atom is 0.0540 e. The summed E-state index contributed by atoms with van der Waals surface area (Å²) in [7, 11) is 0. The van der Waals surface area contributed by atoms with Crippen LogP contribution >= 0.6 is 0 Å². The average molecular weight is 798 g/mol. The minimum atomic E-state index is -0.119. The van der Waals surface area contributed by atoms with E-state index in [9.17, 15) is 0 Å². The molecule has 4 saturated carbocycles. The summed E-state index contributed by atoms with van der Waals surface area (Å²) < 4.78 is 0. The molecule has 62 heavy (non-hydrogen) atoms. The van der Waals surface area contributed by atoms with Crippen molar-refractivity contribution in [2.75, 3.05) is 4.90 Å². The number of rotatable bonds is 6. The van der Waals surface area contributed by atoms with Crippen LogP contribution in [0.25, 0.3) is 55.6 Å². The number of fused-ring (bicyclic) bond motifs is 6. The molecule has 1 spiro atoms. The van der Waals surface area contributed by atoms with E-state index in [4.69, 9.17) is 0 Å². The molecule has 0 saturated heterocycles. The molecule has 0 aromatic heterocycles. The van der Waals surface area contributed by atoms with Gasteiger partial charge in [-0.15, -0.1) is 0 Å². The van der Waals surface area contributed by atoms with E-state index in [0.29, 0.717) is 11.8 Å². The lowest BCUT2D eigenvalue weighted by Gasteiger charge is -2.61. The molecule has 8 aromatic rings. The van der Waals surface area contributed by atoms with Crippen molar-refractivity contribution in [3.05, 3.63) is 210 Å². The van der Waals surface area contributed by atoms with Crippen LogP contribution in [0.1, 0.15) is 68.2 Å². The zero-order chi connectivity index (χ0) is 41.2. The predicted molar refractivity (Wildman–Crippen MR) is 258 cm³/mol. The van der Waals surface area contributed by atoms with Crippen molar-refractivity contribution in [2.24, 2.45) is 23.7 Å². The first-order valence-corrected chi connectivity index (χ1v) is 23.1. The summed E-state index contributed by atoms with van der Waals surface area (Å²) in [5, 5.41) is 0. The molecule has 0 atom stereocenters. The minimum absolute atomic E-state index is 0.0716. The molecule has 6 aliphatic carbocycles. The second-order valence-corrected chi connectivity index (χ2v) is 19.7. The molecule has 0 radical (unpaired) electrons. The fraction of sp³-hybridized carbons (Fsp3) is 0.213. The monoisotopic (exact) mass is 797 g/mol. The van der Waals surface area contributed by atoms with Crippen molar-refractivity contribution < 1.29 is 0 Å². The van der Waals surface area contributed by atoms with E-state index in [1.54, 1.807) is 11.1 Å². The van der Waals surface area contributed by atoms with Crippen LogP contribution in [0.15, 0.2) is 188 Å². The predicted octanol–water partition coefficient (Wildman–Crippen LogP) is 16.2. The van der Waals surface area contributed by atoms with Gasteiger partial charge in [0.2, 0.25) is 0 Å². The lowest BCUT2D eigenvalue weighted by atomic mass is 9.43. The van der Waals surface area contributed by atoms with Gasteiger partial charge in [-0.25, -0.2) is 0 Å². The Balaban J connectivity index is 1.05. The van der Waals surface area contributed by atoms with Crippen LogP contribution in [0.4, 0.5) is 17.1 Å². The van der Waals surface area contributed by atoms with Gasteiger partial charge in [0, 0.05) is 27.8 Å². The Bertz CT molecular complexity index is 3020. The number of hydrogen-bond acceptors (Lipinski definition) is 1. The van der Waals surface area contributed by atoms with Gasteiger partial charge in [-0.1, -0.05) is 159 Å². The van der Waals surface area contributed by atoms with Gasteiger partial charge < -0.3 is 4.90 Å². The quantitative estimate of drug-likeness (QED) is 0.162. The average Bonchev–Trinajstić information content (AvgIpc) is 3.73. The van der Waals surface area contributed by atoms with Gasteiger partial charge in [-0.3, -0.25) is 0 Å². The lowest BCUT2D eigenvalue weighted by molar-refractivity contribution is -0.0399. The molecule has 0 amide bonds. The highest BCUT2D eigenvalue weighted by atomic mass is 15.1. The van der Waals surface area contributed by atoms with Crippen molar-refractivity contribution >= 4 is 17.1 Å². The van der Waals surface area contributed by atoms with Crippen LogP contribution in [-0.4, -0.2) is 0 Å². The van der Waals surface area contributed by atoms with Gasteiger partial charge in [-0.2, -0.15) is 0 Å². The molecule has 0 heterocycles. The van der Waals surface area contributed by atoms with Gasteiger partial charge in [0.1, 0.15) is 0 Å². The molecule has 0 aliphatic heterocycles. The first-order chi connectivity index (χ1) is 30.4.